The van der Waals surface area contributed by atoms with Gasteiger partial charge in [0.25, 0.3) is 0 Å². The second-order valence-electron chi connectivity index (χ2n) is 3.83. The summed E-state index contributed by atoms with van der Waals surface area (Å²) in [6.45, 7) is 0. The minimum Gasteiger partial charge on any atom is -0.245 e. The molecule has 2 aromatic heterocycles. The van der Waals surface area contributed by atoms with Crippen LogP contribution >= 0.6 is 11.3 Å². The molecule has 0 saturated carbocycles. The first-order chi connectivity index (χ1) is 9.36. The fourth-order valence-corrected chi connectivity index (χ4v) is 2.49. The molecule has 0 fully saturated rings. The highest BCUT2D eigenvalue weighted by molar-refractivity contribution is 7.13. The van der Waals surface area contributed by atoms with Crippen molar-refractivity contribution in [2.45, 2.75) is 0 Å². The highest BCUT2D eigenvalue weighted by Gasteiger charge is 2.07. The Morgan fingerprint density at radius 3 is 2.89 bits per heavy atom. The number of aromatic nitrogens is 3. The van der Waals surface area contributed by atoms with Crippen LogP contribution in [0.2, 0.25) is 0 Å². The van der Waals surface area contributed by atoms with Crippen molar-refractivity contribution in [2.24, 2.45) is 0 Å². The number of benzene rings is 1. The fourth-order valence-electron chi connectivity index (χ4n) is 1.69. The lowest BCUT2D eigenvalue weighted by atomic mass is 10.1. The van der Waals surface area contributed by atoms with Crippen LogP contribution in [-0.2, 0) is 0 Å². The molecule has 0 atom stereocenters. The molecular formula is C14H8N4S. The number of thiazole rings is 1. The topological polar surface area (TPSA) is 62.5 Å². The van der Waals surface area contributed by atoms with E-state index in [4.69, 9.17) is 5.26 Å². The normalized spacial score (nSPS) is 10.1. The molecule has 0 bridgehead atoms. The maximum atomic E-state index is 8.91. The summed E-state index contributed by atoms with van der Waals surface area (Å²) in [5.74, 6) is 0. The van der Waals surface area contributed by atoms with E-state index in [1.54, 1.807) is 12.3 Å². The minimum atomic E-state index is 0.633. The Morgan fingerprint density at radius 1 is 1.16 bits per heavy atom. The molecule has 2 heterocycles. The molecule has 0 aliphatic carbocycles. The highest BCUT2D eigenvalue weighted by atomic mass is 32.1. The van der Waals surface area contributed by atoms with E-state index in [9.17, 15) is 0 Å². The zero-order valence-corrected chi connectivity index (χ0v) is 10.6. The van der Waals surface area contributed by atoms with Gasteiger partial charge in [-0.15, -0.1) is 11.3 Å². The third kappa shape index (κ3) is 2.34. The first-order valence-electron chi connectivity index (χ1n) is 5.59. The van der Waals surface area contributed by atoms with Crippen LogP contribution in [0.3, 0.4) is 0 Å². The van der Waals surface area contributed by atoms with Gasteiger partial charge in [-0.2, -0.15) is 5.26 Å². The Balaban J connectivity index is 2.00. The second kappa shape index (κ2) is 4.96. The number of rotatable bonds is 2. The molecule has 0 N–H and O–H groups in total. The van der Waals surface area contributed by atoms with Crippen molar-refractivity contribution >= 4 is 11.3 Å². The van der Waals surface area contributed by atoms with E-state index < -0.39 is 0 Å². The largest absolute Gasteiger partial charge is 0.245 e. The second-order valence-corrected chi connectivity index (χ2v) is 4.68. The summed E-state index contributed by atoms with van der Waals surface area (Å²) >= 11 is 1.53. The Morgan fingerprint density at radius 2 is 2.11 bits per heavy atom. The molecule has 90 valence electrons. The summed E-state index contributed by atoms with van der Waals surface area (Å²) in [6, 6.07) is 11.4. The van der Waals surface area contributed by atoms with E-state index >= 15 is 0 Å². The van der Waals surface area contributed by atoms with Crippen molar-refractivity contribution < 1.29 is 0 Å². The molecule has 0 aliphatic heterocycles. The number of nitrogens with zero attached hydrogens (tertiary/aromatic N) is 4. The SMILES string of the molecule is N#Cc1cccc(-c2csc(-c3ccncn3)n2)c1. The third-order valence-electron chi connectivity index (χ3n) is 2.59. The van der Waals surface area contributed by atoms with Crippen molar-refractivity contribution in [3.8, 4) is 28.0 Å². The van der Waals surface area contributed by atoms with Crippen molar-refractivity contribution in [3.05, 3.63) is 53.8 Å². The fraction of sp³-hybridized carbons (Fsp3) is 0. The minimum absolute atomic E-state index is 0.633. The van der Waals surface area contributed by atoms with E-state index in [1.807, 2.05) is 29.6 Å². The summed E-state index contributed by atoms with van der Waals surface area (Å²) in [7, 11) is 0. The van der Waals surface area contributed by atoms with E-state index in [1.165, 1.54) is 17.7 Å². The summed E-state index contributed by atoms with van der Waals surface area (Å²) < 4.78 is 0. The molecule has 19 heavy (non-hydrogen) atoms. The summed E-state index contributed by atoms with van der Waals surface area (Å²) in [5.41, 5.74) is 3.24. The average molecular weight is 264 g/mol. The van der Waals surface area contributed by atoms with E-state index in [-0.39, 0.29) is 0 Å². The third-order valence-corrected chi connectivity index (χ3v) is 3.46. The van der Waals surface area contributed by atoms with Gasteiger partial charge in [-0.3, -0.25) is 0 Å². The zero-order valence-electron chi connectivity index (χ0n) is 9.82. The Kier molecular flexibility index (Phi) is 3.01. The van der Waals surface area contributed by atoms with E-state index in [0.29, 0.717) is 5.56 Å². The molecular weight excluding hydrogens is 256 g/mol. The maximum absolute atomic E-state index is 8.91. The molecule has 0 unspecified atom stereocenters. The Bertz CT molecular complexity index is 743. The number of hydrogen-bond acceptors (Lipinski definition) is 5. The van der Waals surface area contributed by atoms with Crippen molar-refractivity contribution in [1.29, 1.82) is 5.26 Å². The van der Waals surface area contributed by atoms with Gasteiger partial charge in [0.2, 0.25) is 0 Å². The van der Waals surface area contributed by atoms with E-state index in [0.717, 1.165) is 22.0 Å². The molecule has 3 aromatic rings. The predicted octanol–water partition coefficient (Wildman–Crippen LogP) is 3.14. The summed E-state index contributed by atoms with van der Waals surface area (Å²) in [6.07, 6.45) is 3.20. The van der Waals surface area contributed by atoms with Crippen LogP contribution in [0.5, 0.6) is 0 Å². The molecule has 0 amide bonds. The maximum Gasteiger partial charge on any atom is 0.142 e. The number of hydrogen-bond donors (Lipinski definition) is 0. The molecule has 4 nitrogen and oxygen atoms in total. The van der Waals surface area contributed by atoms with Crippen molar-refractivity contribution in [2.75, 3.05) is 0 Å². The van der Waals surface area contributed by atoms with Crippen LogP contribution < -0.4 is 0 Å². The standard InChI is InChI=1S/C14H8N4S/c15-7-10-2-1-3-11(6-10)13-8-19-14(18-13)12-4-5-16-9-17-12/h1-6,8-9H. The van der Waals surface area contributed by atoms with Crippen molar-refractivity contribution in [1.82, 2.24) is 15.0 Å². The molecule has 1 aromatic carbocycles. The van der Waals surface area contributed by atoms with Gasteiger partial charge in [0.15, 0.2) is 0 Å². The monoisotopic (exact) mass is 264 g/mol. The Labute approximate surface area is 114 Å². The van der Waals surface area contributed by atoms with Gasteiger partial charge in [-0.05, 0) is 18.2 Å². The van der Waals surface area contributed by atoms with Gasteiger partial charge in [0.05, 0.1) is 17.3 Å². The van der Waals surface area contributed by atoms with Crippen LogP contribution in [0.4, 0.5) is 0 Å². The van der Waals surface area contributed by atoms with E-state index in [2.05, 4.69) is 21.0 Å². The molecule has 0 saturated heterocycles. The molecule has 5 heteroatoms. The lowest BCUT2D eigenvalue weighted by molar-refractivity contribution is 1.16. The summed E-state index contributed by atoms with van der Waals surface area (Å²) in [4.78, 5) is 12.6. The smallest absolute Gasteiger partial charge is 0.142 e. The molecule has 3 rings (SSSR count). The first-order valence-corrected chi connectivity index (χ1v) is 6.47. The number of nitriles is 1. The van der Waals surface area contributed by atoms with Gasteiger partial charge in [-0.25, -0.2) is 15.0 Å². The molecule has 0 aliphatic rings. The van der Waals surface area contributed by atoms with Gasteiger partial charge < -0.3 is 0 Å². The van der Waals surface area contributed by atoms with Gasteiger partial charge in [0.1, 0.15) is 17.0 Å². The van der Waals surface area contributed by atoms with Crippen LogP contribution in [0.1, 0.15) is 5.56 Å². The lowest BCUT2D eigenvalue weighted by Crippen LogP contribution is -1.84. The zero-order chi connectivity index (χ0) is 13.1. The predicted molar refractivity (Wildman–Crippen MR) is 73.3 cm³/mol. The summed E-state index contributed by atoms with van der Waals surface area (Å²) in [5, 5.41) is 11.7. The quantitative estimate of drug-likeness (QED) is 0.713. The van der Waals surface area contributed by atoms with Gasteiger partial charge >= 0.3 is 0 Å². The van der Waals surface area contributed by atoms with Gasteiger partial charge in [0, 0.05) is 17.1 Å². The average Bonchev–Trinajstić information content (AvgIpc) is 2.98. The van der Waals surface area contributed by atoms with Crippen LogP contribution in [0.25, 0.3) is 22.0 Å². The van der Waals surface area contributed by atoms with Crippen LogP contribution in [-0.4, -0.2) is 15.0 Å². The Hall–Kier alpha value is -2.58. The lowest BCUT2D eigenvalue weighted by Gasteiger charge is -1.96. The van der Waals surface area contributed by atoms with Crippen molar-refractivity contribution in [3.63, 3.8) is 0 Å². The first kappa shape index (κ1) is 11.5. The molecule has 0 radical (unpaired) electrons. The highest BCUT2D eigenvalue weighted by Crippen LogP contribution is 2.27. The van der Waals surface area contributed by atoms with Gasteiger partial charge in [-0.1, -0.05) is 12.1 Å². The van der Waals surface area contributed by atoms with Crippen LogP contribution in [0.15, 0.2) is 48.2 Å². The van der Waals surface area contributed by atoms with Crippen LogP contribution in [0, 0.1) is 11.3 Å². The molecule has 0 spiro atoms.